The van der Waals surface area contributed by atoms with Crippen molar-refractivity contribution >= 4 is 10.0 Å². The fraction of sp³-hybridized carbons (Fsp3) is 0.400. The van der Waals surface area contributed by atoms with E-state index in [4.69, 9.17) is 4.74 Å². The maximum Gasteiger partial charge on any atom is 0.218 e. The Kier molecular flexibility index (Phi) is 5.94. The molecule has 1 fully saturated rings. The van der Waals surface area contributed by atoms with Crippen LogP contribution in [0.4, 0.5) is 4.39 Å². The van der Waals surface area contributed by atoms with Gasteiger partial charge in [-0.2, -0.15) is 0 Å². The topological polar surface area (TPSA) is 46.6 Å². The van der Waals surface area contributed by atoms with Crippen molar-refractivity contribution in [2.75, 3.05) is 19.7 Å². The predicted octanol–water partition coefficient (Wildman–Crippen LogP) is 3.75. The molecule has 1 unspecified atom stereocenters. The number of sulfonamides is 1. The SMILES string of the molecule is Cc1ccc(CS(=O)(=O)N2CCCC(COc3ccccc3F)C2)cc1. The van der Waals surface area contributed by atoms with Crippen LogP contribution in [-0.4, -0.2) is 32.4 Å². The Morgan fingerprint density at radius 1 is 1.15 bits per heavy atom. The van der Waals surface area contributed by atoms with Crippen LogP contribution in [0.1, 0.15) is 24.0 Å². The van der Waals surface area contributed by atoms with Crippen LogP contribution in [0.15, 0.2) is 48.5 Å². The average molecular weight is 377 g/mol. The lowest BCUT2D eigenvalue weighted by Gasteiger charge is -2.31. The van der Waals surface area contributed by atoms with E-state index < -0.39 is 15.8 Å². The smallest absolute Gasteiger partial charge is 0.218 e. The molecule has 6 heteroatoms. The van der Waals surface area contributed by atoms with Gasteiger partial charge in [0.2, 0.25) is 10.0 Å². The summed E-state index contributed by atoms with van der Waals surface area (Å²) in [7, 11) is -3.37. The molecular weight excluding hydrogens is 353 g/mol. The molecule has 4 nitrogen and oxygen atoms in total. The first-order valence-electron chi connectivity index (χ1n) is 8.85. The van der Waals surface area contributed by atoms with Gasteiger partial charge in [0.05, 0.1) is 12.4 Å². The van der Waals surface area contributed by atoms with Crippen LogP contribution in [0, 0.1) is 18.7 Å². The molecule has 1 aliphatic heterocycles. The summed E-state index contributed by atoms with van der Waals surface area (Å²) in [6.45, 7) is 3.24. The third kappa shape index (κ3) is 4.83. The van der Waals surface area contributed by atoms with Crippen LogP contribution in [0.3, 0.4) is 0 Å². The molecule has 26 heavy (non-hydrogen) atoms. The van der Waals surface area contributed by atoms with E-state index in [1.165, 1.54) is 6.07 Å². The van der Waals surface area contributed by atoms with Crippen LogP contribution < -0.4 is 4.74 Å². The number of benzene rings is 2. The van der Waals surface area contributed by atoms with E-state index in [2.05, 4.69) is 0 Å². The summed E-state index contributed by atoms with van der Waals surface area (Å²) >= 11 is 0. The number of hydrogen-bond acceptors (Lipinski definition) is 3. The second-order valence-corrected chi connectivity index (χ2v) is 8.82. The van der Waals surface area contributed by atoms with Crippen molar-refractivity contribution in [3.63, 3.8) is 0 Å². The predicted molar refractivity (Wildman–Crippen MR) is 100.0 cm³/mol. The summed E-state index contributed by atoms with van der Waals surface area (Å²) in [5.74, 6) is -0.107. The molecule has 0 bridgehead atoms. The molecule has 1 heterocycles. The third-order valence-electron chi connectivity index (χ3n) is 4.66. The fourth-order valence-corrected chi connectivity index (χ4v) is 4.81. The summed E-state index contributed by atoms with van der Waals surface area (Å²) in [5.41, 5.74) is 1.90. The molecule has 1 aliphatic rings. The summed E-state index contributed by atoms with van der Waals surface area (Å²) in [5, 5.41) is 0. The molecule has 0 saturated carbocycles. The Hall–Kier alpha value is -1.92. The second-order valence-electron chi connectivity index (χ2n) is 6.85. The normalized spacial score (nSPS) is 18.6. The van der Waals surface area contributed by atoms with Gasteiger partial charge in [-0.1, -0.05) is 42.0 Å². The number of hydrogen-bond donors (Lipinski definition) is 0. The number of para-hydroxylation sites is 1. The van der Waals surface area contributed by atoms with Crippen molar-refractivity contribution < 1.29 is 17.5 Å². The fourth-order valence-electron chi connectivity index (χ4n) is 3.17. The lowest BCUT2D eigenvalue weighted by Crippen LogP contribution is -2.42. The van der Waals surface area contributed by atoms with Gasteiger partial charge in [-0.15, -0.1) is 0 Å². The maximum atomic E-state index is 13.6. The number of rotatable bonds is 6. The van der Waals surface area contributed by atoms with E-state index in [1.807, 2.05) is 31.2 Å². The van der Waals surface area contributed by atoms with Crippen molar-refractivity contribution in [2.45, 2.75) is 25.5 Å². The Morgan fingerprint density at radius 3 is 2.62 bits per heavy atom. The van der Waals surface area contributed by atoms with Crippen LogP contribution in [0.25, 0.3) is 0 Å². The molecule has 0 N–H and O–H groups in total. The van der Waals surface area contributed by atoms with Crippen LogP contribution in [0.2, 0.25) is 0 Å². The van der Waals surface area contributed by atoms with Crippen LogP contribution >= 0.6 is 0 Å². The van der Waals surface area contributed by atoms with E-state index in [9.17, 15) is 12.8 Å². The molecule has 0 radical (unpaired) electrons. The molecular formula is C20H24FNO3S. The molecule has 140 valence electrons. The summed E-state index contributed by atoms with van der Waals surface area (Å²) in [4.78, 5) is 0. The lowest BCUT2D eigenvalue weighted by atomic mass is 10.0. The van der Waals surface area contributed by atoms with Gasteiger partial charge in [0.15, 0.2) is 11.6 Å². The highest BCUT2D eigenvalue weighted by Crippen LogP contribution is 2.23. The number of ether oxygens (including phenoxy) is 1. The van der Waals surface area contributed by atoms with Crippen LogP contribution in [0.5, 0.6) is 5.75 Å². The van der Waals surface area contributed by atoms with E-state index in [-0.39, 0.29) is 17.4 Å². The van der Waals surface area contributed by atoms with Crippen molar-refractivity contribution in [1.82, 2.24) is 4.31 Å². The van der Waals surface area contributed by atoms with E-state index in [1.54, 1.807) is 22.5 Å². The third-order valence-corrected chi connectivity index (χ3v) is 6.47. The van der Waals surface area contributed by atoms with Crippen molar-refractivity contribution in [2.24, 2.45) is 5.92 Å². The first kappa shape index (κ1) is 18.9. The largest absolute Gasteiger partial charge is 0.490 e. The number of aryl methyl sites for hydroxylation is 1. The monoisotopic (exact) mass is 377 g/mol. The minimum atomic E-state index is -3.37. The summed E-state index contributed by atoms with van der Waals surface area (Å²) in [6.07, 6.45) is 1.67. The minimum Gasteiger partial charge on any atom is -0.490 e. The van der Waals surface area contributed by atoms with Crippen molar-refractivity contribution in [3.8, 4) is 5.75 Å². The first-order chi connectivity index (χ1) is 12.4. The van der Waals surface area contributed by atoms with E-state index in [0.717, 1.165) is 24.0 Å². The Labute approximate surface area is 154 Å². The zero-order chi connectivity index (χ0) is 18.6. The van der Waals surface area contributed by atoms with E-state index >= 15 is 0 Å². The van der Waals surface area contributed by atoms with Gasteiger partial charge >= 0.3 is 0 Å². The molecule has 2 aromatic carbocycles. The van der Waals surface area contributed by atoms with Gasteiger partial charge < -0.3 is 4.74 Å². The molecule has 1 saturated heterocycles. The molecule has 1 atom stereocenters. The molecule has 3 rings (SSSR count). The van der Waals surface area contributed by atoms with Crippen molar-refractivity contribution in [1.29, 1.82) is 0 Å². The average Bonchev–Trinajstić information content (AvgIpc) is 2.63. The van der Waals surface area contributed by atoms with E-state index in [0.29, 0.717) is 19.7 Å². The Balaban J connectivity index is 1.60. The van der Waals surface area contributed by atoms with Crippen LogP contribution in [-0.2, 0) is 15.8 Å². The second kappa shape index (κ2) is 8.18. The van der Waals surface area contributed by atoms with Gasteiger partial charge in [-0.3, -0.25) is 0 Å². The molecule has 2 aromatic rings. The number of piperidine rings is 1. The zero-order valence-corrected chi connectivity index (χ0v) is 15.7. The zero-order valence-electron chi connectivity index (χ0n) is 14.9. The molecule has 0 spiro atoms. The highest BCUT2D eigenvalue weighted by molar-refractivity contribution is 7.88. The van der Waals surface area contributed by atoms with Gasteiger partial charge in [0, 0.05) is 19.0 Å². The highest BCUT2D eigenvalue weighted by Gasteiger charge is 2.29. The van der Waals surface area contributed by atoms with Crippen molar-refractivity contribution in [3.05, 3.63) is 65.5 Å². The first-order valence-corrected chi connectivity index (χ1v) is 10.5. The highest BCUT2D eigenvalue weighted by atomic mass is 32.2. The molecule has 0 amide bonds. The van der Waals surface area contributed by atoms with Gasteiger partial charge in [-0.25, -0.2) is 17.1 Å². The number of halogens is 1. The molecule has 0 aliphatic carbocycles. The number of nitrogens with zero attached hydrogens (tertiary/aromatic N) is 1. The minimum absolute atomic E-state index is 0.00811. The Bertz CT molecular complexity index is 836. The summed E-state index contributed by atoms with van der Waals surface area (Å²) < 4.78 is 46.2. The quantitative estimate of drug-likeness (QED) is 0.770. The summed E-state index contributed by atoms with van der Waals surface area (Å²) in [6, 6.07) is 13.8. The van der Waals surface area contributed by atoms with Gasteiger partial charge in [0.1, 0.15) is 0 Å². The molecule has 0 aromatic heterocycles. The Morgan fingerprint density at radius 2 is 1.88 bits per heavy atom. The van der Waals surface area contributed by atoms with Gasteiger partial charge in [0.25, 0.3) is 0 Å². The maximum absolute atomic E-state index is 13.6. The lowest BCUT2D eigenvalue weighted by molar-refractivity contribution is 0.176. The standard InChI is InChI=1S/C20H24FNO3S/c1-16-8-10-17(11-9-16)15-26(23,24)22-12-4-5-18(13-22)14-25-20-7-3-2-6-19(20)21/h2-3,6-11,18H,4-5,12-15H2,1H3. The van der Waals surface area contributed by atoms with Gasteiger partial charge in [-0.05, 0) is 37.5 Å².